The Balaban J connectivity index is 2.19. The Bertz CT molecular complexity index is 801. The summed E-state index contributed by atoms with van der Waals surface area (Å²) in [5.41, 5.74) is 1.60. The van der Waals surface area contributed by atoms with E-state index in [2.05, 4.69) is 4.72 Å². The molecule has 0 bridgehead atoms. The van der Waals surface area contributed by atoms with Crippen molar-refractivity contribution >= 4 is 27.3 Å². The highest BCUT2D eigenvalue weighted by atomic mass is 32.2. The number of hydrogen-bond acceptors (Lipinski definition) is 4. The SMILES string of the molecule is COc1cccc(C(=O)N(C)c2ccc(NS(C)(=O)=O)cc2)c1. The fourth-order valence-corrected chi connectivity index (χ4v) is 2.60. The summed E-state index contributed by atoms with van der Waals surface area (Å²) in [6.07, 6.45) is 1.08. The molecule has 122 valence electrons. The first-order chi connectivity index (χ1) is 10.8. The molecule has 0 atom stereocenters. The van der Waals surface area contributed by atoms with Crippen LogP contribution in [0.1, 0.15) is 10.4 Å². The van der Waals surface area contributed by atoms with E-state index in [0.717, 1.165) is 6.26 Å². The molecule has 23 heavy (non-hydrogen) atoms. The number of rotatable bonds is 5. The van der Waals surface area contributed by atoms with E-state index in [1.54, 1.807) is 62.7 Å². The highest BCUT2D eigenvalue weighted by Gasteiger charge is 2.14. The third-order valence-electron chi connectivity index (χ3n) is 3.18. The Morgan fingerprint density at radius 2 is 1.78 bits per heavy atom. The van der Waals surface area contributed by atoms with Gasteiger partial charge in [0.2, 0.25) is 10.0 Å². The molecular weight excluding hydrogens is 316 g/mol. The van der Waals surface area contributed by atoms with Crippen LogP contribution in [0.2, 0.25) is 0 Å². The molecule has 0 aromatic heterocycles. The Kier molecular flexibility index (Phi) is 4.90. The molecule has 0 aliphatic heterocycles. The molecule has 0 saturated heterocycles. The van der Waals surface area contributed by atoms with Crippen molar-refractivity contribution < 1.29 is 17.9 Å². The van der Waals surface area contributed by atoms with Crippen molar-refractivity contribution in [2.75, 3.05) is 30.0 Å². The van der Waals surface area contributed by atoms with Crippen LogP contribution in [0, 0.1) is 0 Å². The lowest BCUT2D eigenvalue weighted by atomic mass is 10.1. The van der Waals surface area contributed by atoms with E-state index in [1.807, 2.05) is 0 Å². The summed E-state index contributed by atoms with van der Waals surface area (Å²) >= 11 is 0. The first-order valence-corrected chi connectivity index (χ1v) is 8.69. The molecule has 0 aliphatic rings. The van der Waals surface area contributed by atoms with Crippen LogP contribution >= 0.6 is 0 Å². The summed E-state index contributed by atoms with van der Waals surface area (Å²) in [6, 6.07) is 13.4. The fraction of sp³-hybridized carbons (Fsp3) is 0.188. The number of amides is 1. The Morgan fingerprint density at radius 1 is 1.13 bits per heavy atom. The van der Waals surface area contributed by atoms with E-state index in [1.165, 1.54) is 4.90 Å². The number of nitrogens with one attached hydrogen (secondary N) is 1. The van der Waals surface area contributed by atoms with E-state index in [9.17, 15) is 13.2 Å². The zero-order valence-electron chi connectivity index (χ0n) is 13.1. The maximum absolute atomic E-state index is 12.5. The quantitative estimate of drug-likeness (QED) is 0.910. The van der Waals surface area contributed by atoms with Crippen LogP contribution < -0.4 is 14.4 Å². The van der Waals surface area contributed by atoms with E-state index in [0.29, 0.717) is 22.7 Å². The molecule has 6 nitrogen and oxygen atoms in total. The molecular formula is C16H18N2O4S. The zero-order valence-corrected chi connectivity index (χ0v) is 13.9. The number of anilines is 2. The second-order valence-corrected chi connectivity index (χ2v) is 6.77. The predicted octanol–water partition coefficient (Wildman–Crippen LogP) is 2.34. The summed E-state index contributed by atoms with van der Waals surface area (Å²) in [4.78, 5) is 14.0. The molecule has 2 aromatic rings. The number of benzene rings is 2. The van der Waals surface area contributed by atoms with Gasteiger partial charge in [0.1, 0.15) is 5.75 Å². The van der Waals surface area contributed by atoms with Gasteiger partial charge in [-0.15, -0.1) is 0 Å². The molecule has 1 N–H and O–H groups in total. The normalized spacial score (nSPS) is 10.9. The smallest absolute Gasteiger partial charge is 0.258 e. The zero-order chi connectivity index (χ0) is 17.0. The van der Waals surface area contributed by atoms with Gasteiger partial charge in [-0.1, -0.05) is 6.07 Å². The van der Waals surface area contributed by atoms with Crippen molar-refractivity contribution in [2.45, 2.75) is 0 Å². The minimum Gasteiger partial charge on any atom is -0.497 e. The summed E-state index contributed by atoms with van der Waals surface area (Å²) in [5.74, 6) is 0.421. The van der Waals surface area contributed by atoms with E-state index in [-0.39, 0.29) is 5.91 Å². The molecule has 0 unspecified atom stereocenters. The van der Waals surface area contributed by atoms with Gasteiger partial charge in [-0.25, -0.2) is 8.42 Å². The number of carbonyl (C=O) groups excluding carboxylic acids is 1. The predicted molar refractivity (Wildman–Crippen MR) is 90.6 cm³/mol. The highest BCUT2D eigenvalue weighted by Crippen LogP contribution is 2.21. The topological polar surface area (TPSA) is 75.7 Å². The van der Waals surface area contributed by atoms with Crippen molar-refractivity contribution in [3.63, 3.8) is 0 Å². The van der Waals surface area contributed by atoms with Gasteiger partial charge in [-0.05, 0) is 42.5 Å². The van der Waals surface area contributed by atoms with Gasteiger partial charge < -0.3 is 9.64 Å². The first-order valence-electron chi connectivity index (χ1n) is 6.80. The van der Waals surface area contributed by atoms with E-state index in [4.69, 9.17) is 4.74 Å². The average Bonchev–Trinajstić information content (AvgIpc) is 2.53. The summed E-state index contributed by atoms with van der Waals surface area (Å²) in [6.45, 7) is 0. The van der Waals surface area contributed by atoms with Gasteiger partial charge in [0.25, 0.3) is 5.91 Å². The third-order valence-corrected chi connectivity index (χ3v) is 3.79. The molecule has 0 aliphatic carbocycles. The Morgan fingerprint density at radius 3 is 2.35 bits per heavy atom. The minimum atomic E-state index is -3.32. The van der Waals surface area contributed by atoms with Crippen LogP contribution in [0.5, 0.6) is 5.75 Å². The molecule has 2 aromatic carbocycles. The maximum Gasteiger partial charge on any atom is 0.258 e. The van der Waals surface area contributed by atoms with Crippen LogP contribution in [-0.4, -0.2) is 34.7 Å². The van der Waals surface area contributed by atoms with Crippen LogP contribution in [0.25, 0.3) is 0 Å². The second kappa shape index (κ2) is 6.70. The first kappa shape index (κ1) is 16.8. The summed E-state index contributed by atoms with van der Waals surface area (Å²) in [5, 5.41) is 0. The lowest BCUT2D eigenvalue weighted by Gasteiger charge is -2.18. The van der Waals surface area contributed by atoms with Gasteiger partial charge in [0, 0.05) is 24.0 Å². The lowest BCUT2D eigenvalue weighted by molar-refractivity contribution is 0.0992. The largest absolute Gasteiger partial charge is 0.497 e. The molecule has 0 fully saturated rings. The van der Waals surface area contributed by atoms with Gasteiger partial charge in [-0.3, -0.25) is 9.52 Å². The van der Waals surface area contributed by atoms with Crippen molar-refractivity contribution in [3.8, 4) is 5.75 Å². The van der Waals surface area contributed by atoms with Crippen molar-refractivity contribution in [1.29, 1.82) is 0 Å². The standard InChI is InChI=1S/C16H18N2O4S/c1-18(16(19)12-5-4-6-15(11-12)22-2)14-9-7-13(8-10-14)17-23(3,20)21/h4-11,17H,1-3H3. The number of sulfonamides is 1. The molecule has 7 heteroatoms. The monoisotopic (exact) mass is 334 g/mol. The van der Waals surface area contributed by atoms with Gasteiger partial charge in [0.05, 0.1) is 13.4 Å². The van der Waals surface area contributed by atoms with Crippen molar-refractivity contribution in [1.82, 2.24) is 0 Å². The van der Waals surface area contributed by atoms with E-state index < -0.39 is 10.0 Å². The van der Waals surface area contributed by atoms with Crippen LogP contribution in [0.15, 0.2) is 48.5 Å². The second-order valence-electron chi connectivity index (χ2n) is 5.02. The molecule has 1 amide bonds. The third kappa shape index (κ3) is 4.46. The molecule has 0 heterocycles. The highest BCUT2D eigenvalue weighted by molar-refractivity contribution is 7.92. The van der Waals surface area contributed by atoms with Gasteiger partial charge in [0.15, 0.2) is 0 Å². The van der Waals surface area contributed by atoms with Gasteiger partial charge in [-0.2, -0.15) is 0 Å². The number of hydrogen-bond donors (Lipinski definition) is 1. The average molecular weight is 334 g/mol. The maximum atomic E-state index is 12.5. The molecule has 0 saturated carbocycles. The van der Waals surface area contributed by atoms with Crippen LogP contribution in [0.3, 0.4) is 0 Å². The molecule has 2 rings (SSSR count). The van der Waals surface area contributed by atoms with Crippen LogP contribution in [-0.2, 0) is 10.0 Å². The number of methoxy groups -OCH3 is 1. The van der Waals surface area contributed by atoms with Crippen molar-refractivity contribution in [3.05, 3.63) is 54.1 Å². The summed E-state index contributed by atoms with van der Waals surface area (Å²) < 4.78 is 29.9. The molecule has 0 spiro atoms. The number of carbonyl (C=O) groups is 1. The van der Waals surface area contributed by atoms with Crippen LogP contribution in [0.4, 0.5) is 11.4 Å². The van der Waals surface area contributed by atoms with Gasteiger partial charge >= 0.3 is 0 Å². The van der Waals surface area contributed by atoms with Crippen molar-refractivity contribution in [2.24, 2.45) is 0 Å². The Hall–Kier alpha value is -2.54. The fourth-order valence-electron chi connectivity index (χ4n) is 2.03. The number of ether oxygens (including phenoxy) is 1. The number of nitrogens with zero attached hydrogens (tertiary/aromatic N) is 1. The Labute approximate surface area is 135 Å². The minimum absolute atomic E-state index is 0.187. The van der Waals surface area contributed by atoms with E-state index >= 15 is 0 Å². The summed E-state index contributed by atoms with van der Waals surface area (Å²) in [7, 11) is -0.126. The molecule has 0 radical (unpaired) electrons. The lowest BCUT2D eigenvalue weighted by Crippen LogP contribution is -2.26.